The standard InChI is InChI=1S/C18H23NO2/c1-2-3-5-8-16-11-13-19(14-12-16)18(20)21-15-17-9-6-4-7-10-17/h4,6-7,9-14,16H,2-3,5,8,15H2,1H3. The van der Waals surface area contributed by atoms with Crippen LogP contribution in [-0.2, 0) is 11.3 Å². The van der Waals surface area contributed by atoms with Crippen molar-refractivity contribution in [2.45, 2.75) is 39.2 Å². The predicted molar refractivity (Wildman–Crippen MR) is 84.4 cm³/mol. The number of benzene rings is 1. The molecule has 0 unspecified atom stereocenters. The Morgan fingerprint density at radius 3 is 2.52 bits per heavy atom. The van der Waals surface area contributed by atoms with Crippen molar-refractivity contribution in [3.05, 3.63) is 60.4 Å². The van der Waals surface area contributed by atoms with E-state index in [1.54, 1.807) is 0 Å². The van der Waals surface area contributed by atoms with Crippen LogP contribution in [0, 0.1) is 5.92 Å². The minimum absolute atomic E-state index is 0.303. The normalized spacial score (nSPS) is 14.4. The zero-order chi connectivity index (χ0) is 14.9. The Bertz CT molecular complexity index is 479. The molecule has 0 saturated carbocycles. The van der Waals surface area contributed by atoms with Gasteiger partial charge in [0.15, 0.2) is 0 Å². The first kappa shape index (κ1) is 15.4. The third-order valence-electron chi connectivity index (χ3n) is 3.54. The number of allylic oxidation sites excluding steroid dienone is 2. The van der Waals surface area contributed by atoms with Gasteiger partial charge in [0, 0.05) is 12.4 Å². The van der Waals surface area contributed by atoms with Crippen LogP contribution in [0.5, 0.6) is 0 Å². The third-order valence-corrected chi connectivity index (χ3v) is 3.54. The molecule has 1 heterocycles. The van der Waals surface area contributed by atoms with Gasteiger partial charge < -0.3 is 4.74 Å². The van der Waals surface area contributed by atoms with Gasteiger partial charge in [0.2, 0.25) is 0 Å². The Balaban J connectivity index is 1.75. The minimum Gasteiger partial charge on any atom is -0.444 e. The number of nitrogens with zero attached hydrogens (tertiary/aromatic N) is 1. The van der Waals surface area contributed by atoms with E-state index in [-0.39, 0.29) is 6.09 Å². The lowest BCUT2D eigenvalue weighted by atomic mass is 10.00. The summed E-state index contributed by atoms with van der Waals surface area (Å²) < 4.78 is 5.29. The van der Waals surface area contributed by atoms with Crippen LogP contribution in [0.1, 0.15) is 38.2 Å². The Hall–Kier alpha value is -2.03. The molecule has 2 rings (SSSR count). The van der Waals surface area contributed by atoms with Gasteiger partial charge in [-0.1, -0.05) is 68.7 Å². The molecule has 0 atom stereocenters. The Morgan fingerprint density at radius 2 is 1.86 bits per heavy atom. The second kappa shape index (κ2) is 8.30. The number of unbranched alkanes of at least 4 members (excludes halogenated alkanes) is 2. The Labute approximate surface area is 126 Å². The van der Waals surface area contributed by atoms with E-state index in [1.165, 1.54) is 24.2 Å². The Morgan fingerprint density at radius 1 is 1.14 bits per heavy atom. The molecule has 0 N–H and O–H groups in total. The number of amides is 1. The van der Waals surface area contributed by atoms with Crippen molar-refractivity contribution in [3.63, 3.8) is 0 Å². The van der Waals surface area contributed by atoms with Gasteiger partial charge in [-0.05, 0) is 17.9 Å². The number of hydrogen-bond donors (Lipinski definition) is 0. The van der Waals surface area contributed by atoms with Gasteiger partial charge in [-0.25, -0.2) is 4.79 Å². The first-order valence-corrected chi connectivity index (χ1v) is 7.65. The highest BCUT2D eigenvalue weighted by molar-refractivity contribution is 5.70. The molecule has 1 aromatic rings. The second-order valence-electron chi connectivity index (χ2n) is 5.29. The highest BCUT2D eigenvalue weighted by Gasteiger charge is 2.14. The van der Waals surface area contributed by atoms with Gasteiger partial charge in [0.25, 0.3) is 0 Å². The van der Waals surface area contributed by atoms with Crippen LogP contribution >= 0.6 is 0 Å². The molecule has 0 bridgehead atoms. The third kappa shape index (κ3) is 5.10. The lowest BCUT2D eigenvalue weighted by Gasteiger charge is -2.19. The van der Waals surface area contributed by atoms with Gasteiger partial charge in [-0.15, -0.1) is 0 Å². The van der Waals surface area contributed by atoms with Crippen molar-refractivity contribution < 1.29 is 9.53 Å². The molecule has 0 aromatic heterocycles. The molecule has 0 radical (unpaired) electrons. The molecular weight excluding hydrogens is 262 g/mol. The first-order valence-electron chi connectivity index (χ1n) is 7.65. The van der Waals surface area contributed by atoms with Crippen molar-refractivity contribution in [1.82, 2.24) is 4.90 Å². The van der Waals surface area contributed by atoms with Crippen LogP contribution < -0.4 is 0 Å². The van der Waals surface area contributed by atoms with E-state index >= 15 is 0 Å². The molecule has 112 valence electrons. The number of carbonyl (C=O) groups is 1. The fourth-order valence-corrected chi connectivity index (χ4v) is 2.26. The monoisotopic (exact) mass is 285 g/mol. The van der Waals surface area contributed by atoms with Crippen LogP contribution in [0.4, 0.5) is 4.79 Å². The van der Waals surface area contributed by atoms with E-state index in [9.17, 15) is 4.79 Å². The molecule has 0 fully saturated rings. The molecule has 1 aliphatic heterocycles. The van der Waals surface area contributed by atoms with E-state index in [0.717, 1.165) is 12.0 Å². The fourth-order valence-electron chi connectivity index (χ4n) is 2.26. The topological polar surface area (TPSA) is 29.5 Å². The number of hydrogen-bond acceptors (Lipinski definition) is 2. The van der Waals surface area contributed by atoms with Crippen molar-refractivity contribution >= 4 is 6.09 Å². The second-order valence-corrected chi connectivity index (χ2v) is 5.29. The molecule has 0 spiro atoms. The van der Waals surface area contributed by atoms with E-state index in [0.29, 0.717) is 12.5 Å². The summed E-state index contributed by atoms with van der Waals surface area (Å²) >= 11 is 0. The molecule has 1 aromatic carbocycles. The van der Waals surface area contributed by atoms with Crippen molar-refractivity contribution in [1.29, 1.82) is 0 Å². The summed E-state index contributed by atoms with van der Waals surface area (Å²) in [5.41, 5.74) is 0.994. The highest BCUT2D eigenvalue weighted by atomic mass is 16.6. The minimum atomic E-state index is -0.335. The average Bonchev–Trinajstić information content (AvgIpc) is 2.54. The van der Waals surface area contributed by atoms with Gasteiger partial charge in [0.1, 0.15) is 6.61 Å². The SMILES string of the molecule is CCCCCC1C=CN(C(=O)OCc2ccccc2)C=C1. The largest absolute Gasteiger partial charge is 0.444 e. The summed E-state index contributed by atoms with van der Waals surface area (Å²) in [5, 5.41) is 0. The van der Waals surface area contributed by atoms with E-state index in [4.69, 9.17) is 4.74 Å². The molecule has 3 heteroatoms. The molecule has 21 heavy (non-hydrogen) atoms. The van der Waals surface area contributed by atoms with Gasteiger partial charge in [0.05, 0.1) is 0 Å². The van der Waals surface area contributed by atoms with E-state index < -0.39 is 0 Å². The summed E-state index contributed by atoms with van der Waals surface area (Å²) in [6.07, 6.45) is 12.3. The Kier molecular flexibility index (Phi) is 6.07. The zero-order valence-corrected chi connectivity index (χ0v) is 12.6. The van der Waals surface area contributed by atoms with Crippen LogP contribution in [0.2, 0.25) is 0 Å². The number of rotatable bonds is 6. The van der Waals surface area contributed by atoms with Crippen LogP contribution in [0.3, 0.4) is 0 Å². The molecule has 1 aliphatic rings. The van der Waals surface area contributed by atoms with E-state index in [1.807, 2.05) is 42.7 Å². The van der Waals surface area contributed by atoms with Crippen molar-refractivity contribution in [2.75, 3.05) is 0 Å². The first-order chi connectivity index (χ1) is 10.3. The lowest BCUT2D eigenvalue weighted by Crippen LogP contribution is -2.23. The fraction of sp³-hybridized carbons (Fsp3) is 0.389. The zero-order valence-electron chi connectivity index (χ0n) is 12.6. The maximum atomic E-state index is 11.9. The summed E-state index contributed by atoms with van der Waals surface area (Å²) in [6, 6.07) is 9.70. The maximum Gasteiger partial charge on any atom is 0.418 e. The summed E-state index contributed by atoms with van der Waals surface area (Å²) in [7, 11) is 0. The van der Waals surface area contributed by atoms with Gasteiger partial charge in [-0.2, -0.15) is 0 Å². The molecule has 0 aliphatic carbocycles. The number of ether oxygens (including phenoxy) is 1. The molecule has 0 saturated heterocycles. The molecule has 3 nitrogen and oxygen atoms in total. The average molecular weight is 285 g/mol. The quantitative estimate of drug-likeness (QED) is 0.698. The van der Waals surface area contributed by atoms with Gasteiger partial charge >= 0.3 is 6.09 Å². The smallest absolute Gasteiger partial charge is 0.418 e. The molecular formula is C18H23NO2. The van der Waals surface area contributed by atoms with Crippen molar-refractivity contribution in [3.8, 4) is 0 Å². The van der Waals surface area contributed by atoms with E-state index in [2.05, 4.69) is 19.1 Å². The van der Waals surface area contributed by atoms with Crippen LogP contribution in [0.25, 0.3) is 0 Å². The predicted octanol–water partition coefficient (Wildman–Crippen LogP) is 4.86. The summed E-state index contributed by atoms with van der Waals surface area (Å²) in [5.74, 6) is 0.440. The van der Waals surface area contributed by atoms with Gasteiger partial charge in [-0.3, -0.25) is 4.90 Å². The number of carbonyl (C=O) groups excluding carboxylic acids is 1. The molecule has 1 amide bonds. The van der Waals surface area contributed by atoms with Crippen LogP contribution in [-0.4, -0.2) is 11.0 Å². The van der Waals surface area contributed by atoms with Crippen molar-refractivity contribution in [2.24, 2.45) is 5.92 Å². The van der Waals surface area contributed by atoms with Crippen LogP contribution in [0.15, 0.2) is 54.9 Å². The summed E-state index contributed by atoms with van der Waals surface area (Å²) in [6.45, 7) is 2.51. The maximum absolute atomic E-state index is 11.9. The lowest BCUT2D eigenvalue weighted by molar-refractivity contribution is 0.120. The highest BCUT2D eigenvalue weighted by Crippen LogP contribution is 2.18. The summed E-state index contributed by atoms with van der Waals surface area (Å²) in [4.78, 5) is 13.4.